The molecule has 2 N–H and O–H groups in total. The molecule has 0 aliphatic carbocycles. The highest BCUT2D eigenvalue weighted by molar-refractivity contribution is 7.90. The zero-order valence-electron chi connectivity index (χ0n) is 9.97. The second-order valence-corrected chi connectivity index (χ2v) is 6.32. The number of hydrogen-bond donors (Lipinski definition) is 2. The lowest BCUT2D eigenvalue weighted by Crippen LogP contribution is -2.33. The van der Waals surface area contributed by atoms with Gasteiger partial charge in [-0.2, -0.15) is 12.7 Å². The van der Waals surface area contributed by atoms with Gasteiger partial charge in [-0.05, 0) is 31.0 Å². The van der Waals surface area contributed by atoms with Crippen molar-refractivity contribution in [3.63, 3.8) is 0 Å². The molecule has 19 heavy (non-hydrogen) atoms. The molecule has 0 saturated carbocycles. The lowest BCUT2D eigenvalue weighted by atomic mass is 10.2. The summed E-state index contributed by atoms with van der Waals surface area (Å²) in [5.74, 6) is -1.21. The highest BCUT2D eigenvalue weighted by Gasteiger charge is 2.26. The van der Waals surface area contributed by atoms with E-state index >= 15 is 0 Å². The number of nitrogens with zero attached hydrogens (tertiary/aromatic N) is 1. The minimum Gasteiger partial charge on any atom is -0.478 e. The number of anilines is 1. The maximum atomic E-state index is 12.1. The molecule has 1 aliphatic heterocycles. The van der Waals surface area contributed by atoms with Gasteiger partial charge in [0.1, 0.15) is 0 Å². The smallest absolute Gasteiger partial charge is 0.337 e. The number of carbonyl (C=O) groups is 1. The number of nitrogens with one attached hydrogen (secondary N) is 1. The van der Waals surface area contributed by atoms with Crippen LogP contribution >= 0.6 is 11.6 Å². The minimum atomic E-state index is -3.72. The van der Waals surface area contributed by atoms with Crippen molar-refractivity contribution in [2.45, 2.75) is 12.8 Å². The first-order valence-electron chi connectivity index (χ1n) is 5.71. The molecule has 0 atom stereocenters. The molecule has 0 bridgehead atoms. The Morgan fingerprint density at radius 2 is 1.95 bits per heavy atom. The molecule has 1 aliphatic rings. The Morgan fingerprint density at radius 1 is 1.32 bits per heavy atom. The Labute approximate surface area is 116 Å². The monoisotopic (exact) mass is 304 g/mol. The van der Waals surface area contributed by atoms with Gasteiger partial charge in [-0.15, -0.1) is 0 Å². The molecule has 0 amide bonds. The van der Waals surface area contributed by atoms with Crippen LogP contribution in [0.25, 0.3) is 0 Å². The second-order valence-electron chi connectivity index (χ2n) is 4.21. The fourth-order valence-electron chi connectivity index (χ4n) is 1.92. The maximum absolute atomic E-state index is 12.1. The van der Waals surface area contributed by atoms with Crippen LogP contribution in [0.1, 0.15) is 23.2 Å². The van der Waals surface area contributed by atoms with Crippen molar-refractivity contribution in [1.82, 2.24) is 4.31 Å². The summed E-state index contributed by atoms with van der Waals surface area (Å²) in [7, 11) is -3.72. The molecule has 1 saturated heterocycles. The van der Waals surface area contributed by atoms with Gasteiger partial charge in [0.2, 0.25) is 0 Å². The molecule has 8 heteroatoms. The highest BCUT2D eigenvalue weighted by Crippen LogP contribution is 2.24. The van der Waals surface area contributed by atoms with Gasteiger partial charge < -0.3 is 5.11 Å². The first kappa shape index (κ1) is 14.1. The van der Waals surface area contributed by atoms with Crippen molar-refractivity contribution in [1.29, 1.82) is 0 Å². The molecular weight excluding hydrogens is 292 g/mol. The van der Waals surface area contributed by atoms with Crippen molar-refractivity contribution in [3.8, 4) is 0 Å². The van der Waals surface area contributed by atoms with E-state index in [1.54, 1.807) is 0 Å². The summed E-state index contributed by atoms with van der Waals surface area (Å²) >= 11 is 5.77. The molecule has 0 unspecified atom stereocenters. The van der Waals surface area contributed by atoms with E-state index in [-0.39, 0.29) is 16.3 Å². The van der Waals surface area contributed by atoms with Crippen LogP contribution in [0.2, 0.25) is 5.02 Å². The van der Waals surface area contributed by atoms with Crippen LogP contribution in [-0.4, -0.2) is 36.9 Å². The van der Waals surface area contributed by atoms with Gasteiger partial charge in [0.05, 0.1) is 11.3 Å². The zero-order valence-corrected chi connectivity index (χ0v) is 11.5. The van der Waals surface area contributed by atoms with E-state index in [1.165, 1.54) is 22.5 Å². The van der Waals surface area contributed by atoms with Crippen LogP contribution in [-0.2, 0) is 10.2 Å². The van der Waals surface area contributed by atoms with Crippen LogP contribution in [0.5, 0.6) is 0 Å². The summed E-state index contributed by atoms with van der Waals surface area (Å²) in [5.41, 5.74) is -0.154. The van der Waals surface area contributed by atoms with Crippen molar-refractivity contribution in [2.24, 2.45) is 0 Å². The first-order valence-corrected chi connectivity index (χ1v) is 7.53. The summed E-state index contributed by atoms with van der Waals surface area (Å²) < 4.78 is 27.7. The van der Waals surface area contributed by atoms with Crippen molar-refractivity contribution in [2.75, 3.05) is 17.8 Å². The molecule has 1 aromatic rings. The van der Waals surface area contributed by atoms with Crippen LogP contribution in [0, 0.1) is 0 Å². The van der Waals surface area contributed by atoms with E-state index in [4.69, 9.17) is 16.7 Å². The third kappa shape index (κ3) is 3.17. The third-order valence-corrected chi connectivity index (χ3v) is 4.61. The average Bonchev–Trinajstić information content (AvgIpc) is 2.81. The first-order chi connectivity index (χ1) is 8.90. The molecule has 6 nitrogen and oxygen atoms in total. The molecule has 0 aromatic heterocycles. The van der Waals surface area contributed by atoms with Crippen LogP contribution in [0.4, 0.5) is 5.69 Å². The van der Waals surface area contributed by atoms with Gasteiger partial charge in [0.15, 0.2) is 0 Å². The van der Waals surface area contributed by atoms with Gasteiger partial charge in [0.25, 0.3) is 0 Å². The third-order valence-electron chi connectivity index (χ3n) is 2.86. The fraction of sp³-hybridized carbons (Fsp3) is 0.364. The van der Waals surface area contributed by atoms with E-state index < -0.39 is 16.2 Å². The second kappa shape index (κ2) is 5.36. The Bertz CT molecular complexity index is 597. The number of carboxylic acid groups (broad SMARTS) is 1. The van der Waals surface area contributed by atoms with Gasteiger partial charge in [-0.1, -0.05) is 11.6 Å². The number of benzene rings is 1. The summed E-state index contributed by atoms with van der Waals surface area (Å²) in [6, 6.07) is 3.96. The van der Waals surface area contributed by atoms with Gasteiger partial charge in [-0.25, -0.2) is 4.79 Å². The highest BCUT2D eigenvalue weighted by atomic mass is 35.5. The molecule has 0 radical (unpaired) electrons. The van der Waals surface area contributed by atoms with Crippen LogP contribution in [0.15, 0.2) is 18.2 Å². The molecule has 2 rings (SSSR count). The summed E-state index contributed by atoms with van der Waals surface area (Å²) in [4.78, 5) is 11.0. The van der Waals surface area contributed by atoms with E-state index in [9.17, 15) is 13.2 Å². The molecule has 1 heterocycles. The topological polar surface area (TPSA) is 86.7 Å². The number of hydrogen-bond acceptors (Lipinski definition) is 3. The quantitative estimate of drug-likeness (QED) is 0.888. The normalized spacial score (nSPS) is 16.5. The number of halogens is 1. The largest absolute Gasteiger partial charge is 0.478 e. The predicted octanol–water partition coefficient (Wildman–Crippen LogP) is 1.79. The van der Waals surface area contributed by atoms with Crippen molar-refractivity contribution >= 4 is 33.5 Å². The van der Waals surface area contributed by atoms with Crippen LogP contribution in [0.3, 0.4) is 0 Å². The minimum absolute atomic E-state index is 0.0214. The summed E-state index contributed by atoms with van der Waals surface area (Å²) in [6.07, 6.45) is 1.62. The maximum Gasteiger partial charge on any atom is 0.337 e. The van der Waals surface area contributed by atoms with Crippen LogP contribution < -0.4 is 4.72 Å². The Balaban J connectivity index is 2.32. The lowest BCUT2D eigenvalue weighted by Gasteiger charge is -2.18. The number of carboxylic acids is 1. The average molecular weight is 305 g/mol. The summed E-state index contributed by atoms with van der Waals surface area (Å²) in [5, 5.41) is 9.29. The summed E-state index contributed by atoms with van der Waals surface area (Å²) in [6.45, 7) is 0.886. The number of rotatable bonds is 4. The molecule has 1 aromatic carbocycles. The van der Waals surface area contributed by atoms with E-state index in [0.29, 0.717) is 13.1 Å². The van der Waals surface area contributed by atoms with E-state index in [2.05, 4.69) is 4.72 Å². The van der Waals surface area contributed by atoms with E-state index in [1.807, 2.05) is 0 Å². The van der Waals surface area contributed by atoms with Gasteiger partial charge in [-0.3, -0.25) is 4.72 Å². The number of aromatic carboxylic acids is 1. The Hall–Kier alpha value is -1.31. The van der Waals surface area contributed by atoms with E-state index in [0.717, 1.165) is 12.8 Å². The molecule has 0 spiro atoms. The molecular formula is C11H13ClN2O4S. The molecule has 1 fully saturated rings. The lowest BCUT2D eigenvalue weighted by molar-refractivity contribution is 0.0698. The van der Waals surface area contributed by atoms with Gasteiger partial charge in [0, 0.05) is 18.1 Å². The Kier molecular flexibility index (Phi) is 3.98. The van der Waals surface area contributed by atoms with Gasteiger partial charge >= 0.3 is 16.2 Å². The Morgan fingerprint density at radius 3 is 2.53 bits per heavy atom. The zero-order chi connectivity index (χ0) is 14.0. The fourth-order valence-corrected chi connectivity index (χ4v) is 3.41. The SMILES string of the molecule is O=C(O)c1ccc(Cl)cc1NS(=O)(=O)N1CCCC1. The standard InChI is InChI=1S/C11H13ClN2O4S/c12-8-3-4-9(11(15)16)10(7-8)13-19(17,18)14-5-1-2-6-14/h3-4,7,13H,1-2,5-6H2,(H,15,16). The molecule has 104 valence electrons. The predicted molar refractivity (Wildman–Crippen MR) is 71.8 cm³/mol. The van der Waals surface area contributed by atoms with Crippen molar-refractivity contribution < 1.29 is 18.3 Å². The van der Waals surface area contributed by atoms with Crippen molar-refractivity contribution in [3.05, 3.63) is 28.8 Å².